The Labute approximate surface area is 131 Å². The fraction of sp³-hybridized carbons (Fsp3) is 0.786. The van der Waals surface area contributed by atoms with Crippen LogP contribution in [0.3, 0.4) is 0 Å². The van der Waals surface area contributed by atoms with E-state index in [1.807, 2.05) is 4.90 Å². The first-order valence-electron chi connectivity index (χ1n) is 7.43. The summed E-state index contributed by atoms with van der Waals surface area (Å²) in [4.78, 5) is 15.5. The van der Waals surface area contributed by atoms with Gasteiger partial charge in [0, 0.05) is 13.1 Å². The second-order valence-electron chi connectivity index (χ2n) is 6.16. The van der Waals surface area contributed by atoms with Gasteiger partial charge in [-0.15, -0.1) is 0 Å². The highest BCUT2D eigenvalue weighted by atomic mass is 32.1. The molecule has 0 radical (unpaired) electrons. The zero-order valence-corrected chi connectivity index (χ0v) is 13.7. The van der Waals surface area contributed by atoms with Crippen molar-refractivity contribution < 1.29 is 4.79 Å². The maximum atomic E-state index is 11.8. The maximum absolute atomic E-state index is 11.8. The van der Waals surface area contributed by atoms with E-state index < -0.39 is 5.66 Å². The number of carbonyl (C=O) groups excluding carboxylic acids is 1. The molecular weight excluding hydrogens is 286 g/mol. The Morgan fingerprint density at radius 2 is 2.19 bits per heavy atom. The minimum Gasteiger partial charge on any atom is -0.314 e. The van der Waals surface area contributed by atoms with Gasteiger partial charge in [0.05, 0.1) is 5.54 Å². The van der Waals surface area contributed by atoms with Crippen molar-refractivity contribution in [2.24, 2.45) is 0 Å². The van der Waals surface area contributed by atoms with Crippen LogP contribution in [0.4, 0.5) is 0 Å². The average molecular weight is 309 g/mol. The number of hydrogen-bond acceptors (Lipinski definition) is 5. The highest BCUT2D eigenvalue weighted by Crippen LogP contribution is 2.39. The van der Waals surface area contributed by atoms with Crippen LogP contribution in [-0.4, -0.2) is 51.7 Å². The number of rotatable bonds is 4. The molecule has 0 aromatic heterocycles. The molecule has 21 heavy (non-hydrogen) atoms. The lowest BCUT2D eigenvalue weighted by Crippen LogP contribution is -2.78. The maximum Gasteiger partial charge on any atom is 0.245 e. The van der Waals surface area contributed by atoms with E-state index in [4.69, 9.17) is 12.2 Å². The first-order chi connectivity index (χ1) is 9.89. The second-order valence-corrected chi connectivity index (χ2v) is 6.55. The zero-order valence-electron chi connectivity index (χ0n) is 12.9. The van der Waals surface area contributed by atoms with Crippen molar-refractivity contribution in [2.45, 2.75) is 51.2 Å². The van der Waals surface area contributed by atoms with Gasteiger partial charge in [-0.05, 0) is 38.9 Å². The number of unbranched alkanes of at least 4 members (excludes halogenated alkanes) is 1. The molecule has 0 saturated carbocycles. The zero-order chi connectivity index (χ0) is 15.7. The number of hydrogen-bond donors (Lipinski definition) is 2. The lowest BCUT2D eigenvalue weighted by molar-refractivity contribution is -0.122. The van der Waals surface area contributed by atoms with Gasteiger partial charge < -0.3 is 15.5 Å². The molecule has 1 unspecified atom stereocenters. The molecule has 7 heteroatoms. The summed E-state index contributed by atoms with van der Waals surface area (Å²) in [5.74, 6) is -0.102. The van der Waals surface area contributed by atoms with Crippen LogP contribution in [0, 0.1) is 11.5 Å². The largest absolute Gasteiger partial charge is 0.314 e. The van der Waals surface area contributed by atoms with Crippen LogP contribution >= 0.6 is 12.2 Å². The van der Waals surface area contributed by atoms with E-state index in [0.29, 0.717) is 11.7 Å². The summed E-state index contributed by atoms with van der Waals surface area (Å²) in [6, 6.07) is 0. The first-order valence-corrected chi connectivity index (χ1v) is 7.83. The highest BCUT2D eigenvalue weighted by Gasteiger charge is 2.57. The Hall–Kier alpha value is -1.39. The molecule has 116 valence electrons. The van der Waals surface area contributed by atoms with Gasteiger partial charge in [0.2, 0.25) is 5.91 Å². The summed E-state index contributed by atoms with van der Waals surface area (Å²) in [7, 11) is 0. The minimum absolute atomic E-state index is 0.102. The van der Waals surface area contributed by atoms with Crippen molar-refractivity contribution in [1.82, 2.24) is 20.4 Å². The molecule has 1 atom stereocenters. The van der Waals surface area contributed by atoms with Crippen LogP contribution in [0.2, 0.25) is 0 Å². The number of nitrogens with zero attached hydrogens (tertiary/aromatic N) is 3. The monoisotopic (exact) mass is 309 g/mol. The van der Waals surface area contributed by atoms with Gasteiger partial charge in [-0.2, -0.15) is 5.26 Å². The van der Waals surface area contributed by atoms with E-state index in [0.717, 1.165) is 25.8 Å². The molecule has 0 bridgehead atoms. The summed E-state index contributed by atoms with van der Waals surface area (Å²) < 4.78 is 0. The lowest BCUT2D eigenvalue weighted by Gasteiger charge is -2.59. The molecule has 1 amide bonds. The predicted octanol–water partition coefficient (Wildman–Crippen LogP) is 0.754. The van der Waals surface area contributed by atoms with E-state index in [-0.39, 0.29) is 18.0 Å². The van der Waals surface area contributed by atoms with Gasteiger partial charge in [-0.25, -0.2) is 0 Å². The number of thiocarbonyl (C=S) groups is 1. The van der Waals surface area contributed by atoms with Gasteiger partial charge in [-0.1, -0.05) is 13.3 Å². The molecule has 2 saturated heterocycles. The van der Waals surface area contributed by atoms with Crippen LogP contribution in [0.5, 0.6) is 0 Å². The minimum atomic E-state index is -0.605. The highest BCUT2D eigenvalue weighted by molar-refractivity contribution is 7.80. The Morgan fingerprint density at radius 3 is 2.71 bits per heavy atom. The molecule has 0 aromatic carbocycles. The fourth-order valence-electron chi connectivity index (χ4n) is 3.51. The molecule has 0 spiro atoms. The Balaban J connectivity index is 2.49. The van der Waals surface area contributed by atoms with Crippen LogP contribution in [0.15, 0.2) is 0 Å². The quantitative estimate of drug-likeness (QED) is 0.590. The third-order valence-electron chi connectivity index (χ3n) is 4.59. The van der Waals surface area contributed by atoms with E-state index in [2.05, 4.69) is 37.6 Å². The van der Waals surface area contributed by atoms with Crippen molar-refractivity contribution >= 4 is 23.2 Å². The molecule has 0 aliphatic carbocycles. The average Bonchev–Trinajstić information content (AvgIpc) is 2.76. The molecule has 2 heterocycles. The summed E-state index contributed by atoms with van der Waals surface area (Å²) in [6.45, 7) is 7.87. The van der Waals surface area contributed by atoms with E-state index in [1.165, 1.54) is 0 Å². The Kier molecular flexibility index (Phi) is 4.40. The molecule has 2 aliphatic heterocycles. The standard InChI is InChI=1S/C14H23N5OS/c1-4-5-6-14(19-9-11(20)17-12(19)21)13(2,3)16-7-8-18(14)10-15/h16H,4-9H2,1-3H3,(H,17,20,21). The Bertz CT molecular complexity index is 486. The van der Waals surface area contributed by atoms with Crippen LogP contribution in [0.1, 0.15) is 40.0 Å². The Morgan fingerprint density at radius 1 is 1.48 bits per heavy atom. The number of amides is 1. The predicted molar refractivity (Wildman–Crippen MR) is 84.1 cm³/mol. The topological polar surface area (TPSA) is 71.4 Å². The van der Waals surface area contributed by atoms with E-state index in [9.17, 15) is 10.1 Å². The fourth-order valence-corrected chi connectivity index (χ4v) is 3.84. The van der Waals surface area contributed by atoms with Gasteiger partial charge in [0.15, 0.2) is 11.3 Å². The van der Waals surface area contributed by atoms with Gasteiger partial charge >= 0.3 is 0 Å². The third kappa shape index (κ3) is 2.47. The number of carbonyl (C=O) groups is 1. The molecule has 2 N–H and O–H groups in total. The number of nitrogens with one attached hydrogen (secondary N) is 2. The van der Waals surface area contributed by atoms with Crippen LogP contribution in [0.25, 0.3) is 0 Å². The molecule has 2 rings (SSSR count). The summed E-state index contributed by atoms with van der Waals surface area (Å²) in [5.41, 5.74) is -0.960. The summed E-state index contributed by atoms with van der Waals surface area (Å²) in [6.07, 6.45) is 5.10. The van der Waals surface area contributed by atoms with Gasteiger partial charge in [0.25, 0.3) is 0 Å². The van der Waals surface area contributed by atoms with E-state index >= 15 is 0 Å². The van der Waals surface area contributed by atoms with Crippen molar-refractivity contribution in [3.8, 4) is 6.19 Å². The first kappa shape index (κ1) is 16.0. The SMILES string of the molecule is CCCCC1(N2CC(=O)NC2=S)N(C#N)CCNC1(C)C. The molecule has 0 aromatic rings. The third-order valence-corrected chi connectivity index (χ3v) is 4.91. The molecule has 2 fully saturated rings. The van der Waals surface area contributed by atoms with Crippen molar-refractivity contribution in [1.29, 1.82) is 5.26 Å². The van der Waals surface area contributed by atoms with E-state index in [1.54, 1.807) is 4.90 Å². The molecule has 6 nitrogen and oxygen atoms in total. The normalized spacial score (nSPS) is 28.5. The molecule has 2 aliphatic rings. The summed E-state index contributed by atoms with van der Waals surface area (Å²) >= 11 is 5.35. The van der Waals surface area contributed by atoms with Crippen molar-refractivity contribution in [2.75, 3.05) is 19.6 Å². The lowest BCUT2D eigenvalue weighted by atomic mass is 9.78. The van der Waals surface area contributed by atoms with Gasteiger partial charge in [-0.3, -0.25) is 9.69 Å². The van der Waals surface area contributed by atoms with Crippen LogP contribution in [-0.2, 0) is 4.79 Å². The number of piperazine rings is 1. The number of nitriles is 1. The van der Waals surface area contributed by atoms with Crippen molar-refractivity contribution in [3.05, 3.63) is 0 Å². The van der Waals surface area contributed by atoms with Crippen molar-refractivity contribution in [3.63, 3.8) is 0 Å². The van der Waals surface area contributed by atoms with Crippen LogP contribution < -0.4 is 10.6 Å². The van der Waals surface area contributed by atoms with Gasteiger partial charge in [0.1, 0.15) is 12.2 Å². The summed E-state index contributed by atoms with van der Waals surface area (Å²) in [5, 5.41) is 16.3. The smallest absolute Gasteiger partial charge is 0.245 e. The second kappa shape index (κ2) is 5.78. The molecular formula is C14H23N5OS.